The van der Waals surface area contributed by atoms with Crippen LogP contribution in [0.25, 0.3) is 0 Å². The fourth-order valence-corrected chi connectivity index (χ4v) is 2.99. The highest BCUT2D eigenvalue weighted by Crippen LogP contribution is 2.24. The summed E-state index contributed by atoms with van der Waals surface area (Å²) in [5, 5.41) is 9.17. The summed E-state index contributed by atoms with van der Waals surface area (Å²) in [5.74, 6) is -0.896. The van der Waals surface area contributed by atoms with Gasteiger partial charge >= 0.3 is 5.97 Å². The number of likely N-dealkylation sites (tertiary alicyclic amines) is 1. The minimum Gasteiger partial charge on any atom is -0.484 e. The number of nitrogens with zero attached hydrogens (tertiary/aromatic N) is 1. The summed E-state index contributed by atoms with van der Waals surface area (Å²) in [6.07, 6.45) is 1.33. The van der Waals surface area contributed by atoms with Gasteiger partial charge in [-0.05, 0) is 38.0 Å². The number of hydrogen-bond donors (Lipinski definition) is 1. The second-order valence-corrected chi connectivity index (χ2v) is 6.08. The molecule has 0 aromatic heterocycles. The minimum atomic E-state index is -0.840. The van der Waals surface area contributed by atoms with Crippen LogP contribution in [-0.2, 0) is 9.59 Å². The molecule has 5 nitrogen and oxygen atoms in total. The van der Waals surface area contributed by atoms with Crippen LogP contribution in [0.4, 0.5) is 0 Å². The van der Waals surface area contributed by atoms with E-state index in [2.05, 4.69) is 15.9 Å². The third-order valence-corrected chi connectivity index (χ3v) is 4.28. The Kier molecular flexibility index (Phi) is 5.22. The molecule has 1 aliphatic heterocycles. The fraction of sp³-hybridized carbons (Fsp3) is 0.467. The summed E-state index contributed by atoms with van der Waals surface area (Å²) in [7, 11) is 0. The molecule has 1 heterocycles. The van der Waals surface area contributed by atoms with E-state index in [0.717, 1.165) is 4.47 Å². The maximum Gasteiger partial charge on any atom is 0.308 e. The van der Waals surface area contributed by atoms with Crippen LogP contribution in [0, 0.1) is 5.92 Å². The van der Waals surface area contributed by atoms with Gasteiger partial charge in [0.1, 0.15) is 5.75 Å². The van der Waals surface area contributed by atoms with Gasteiger partial charge in [0.25, 0.3) is 5.91 Å². The molecule has 114 valence electrons. The van der Waals surface area contributed by atoms with Gasteiger partial charge in [0.15, 0.2) is 6.61 Å². The number of benzene rings is 1. The number of ether oxygens (including phenoxy) is 1. The van der Waals surface area contributed by atoms with E-state index in [-0.39, 0.29) is 18.6 Å². The van der Waals surface area contributed by atoms with E-state index in [1.807, 2.05) is 12.1 Å². The van der Waals surface area contributed by atoms with Crippen LogP contribution < -0.4 is 4.74 Å². The molecule has 1 fully saturated rings. The summed E-state index contributed by atoms with van der Waals surface area (Å²) in [4.78, 5) is 25.0. The van der Waals surface area contributed by atoms with E-state index in [4.69, 9.17) is 4.74 Å². The first-order valence-electron chi connectivity index (χ1n) is 6.89. The average molecular weight is 356 g/mol. The van der Waals surface area contributed by atoms with Crippen molar-refractivity contribution >= 4 is 27.8 Å². The molecule has 6 heteroatoms. The molecule has 0 aliphatic carbocycles. The van der Waals surface area contributed by atoms with Crippen molar-refractivity contribution in [1.82, 2.24) is 4.90 Å². The van der Waals surface area contributed by atoms with Gasteiger partial charge in [0, 0.05) is 17.1 Å². The van der Waals surface area contributed by atoms with E-state index in [0.29, 0.717) is 25.1 Å². The lowest BCUT2D eigenvalue weighted by Gasteiger charge is -2.37. The van der Waals surface area contributed by atoms with Crippen LogP contribution in [0.5, 0.6) is 5.75 Å². The molecule has 0 radical (unpaired) electrons. The second-order valence-electron chi connectivity index (χ2n) is 5.16. The van der Waals surface area contributed by atoms with Gasteiger partial charge in [-0.2, -0.15) is 0 Å². The molecule has 1 aromatic rings. The molecule has 1 saturated heterocycles. The van der Waals surface area contributed by atoms with Crippen LogP contribution in [0.15, 0.2) is 28.7 Å². The number of aliphatic carboxylic acids is 1. The maximum atomic E-state index is 12.2. The molecule has 0 spiro atoms. The monoisotopic (exact) mass is 355 g/mol. The number of carbonyl (C=O) groups is 2. The molecular formula is C15H18BrNO4. The largest absolute Gasteiger partial charge is 0.484 e. The zero-order valence-corrected chi connectivity index (χ0v) is 13.4. The molecule has 0 unspecified atom stereocenters. The summed E-state index contributed by atoms with van der Waals surface area (Å²) >= 11 is 3.34. The van der Waals surface area contributed by atoms with Crippen molar-refractivity contribution in [3.8, 4) is 5.75 Å². The quantitative estimate of drug-likeness (QED) is 0.900. The van der Waals surface area contributed by atoms with E-state index in [1.165, 1.54) is 0 Å². The topological polar surface area (TPSA) is 66.8 Å². The molecule has 0 saturated carbocycles. The van der Waals surface area contributed by atoms with E-state index >= 15 is 0 Å². The van der Waals surface area contributed by atoms with Gasteiger partial charge in [-0.1, -0.05) is 22.0 Å². The number of rotatable bonds is 4. The summed E-state index contributed by atoms with van der Waals surface area (Å²) < 4.78 is 6.36. The van der Waals surface area contributed by atoms with Crippen molar-refractivity contribution in [3.05, 3.63) is 28.7 Å². The number of carboxylic acid groups (broad SMARTS) is 1. The highest BCUT2D eigenvalue weighted by Gasteiger charge is 2.35. The van der Waals surface area contributed by atoms with Gasteiger partial charge < -0.3 is 14.7 Å². The number of carboxylic acids is 1. The Morgan fingerprint density at radius 3 is 2.90 bits per heavy atom. The van der Waals surface area contributed by atoms with Crippen molar-refractivity contribution in [3.63, 3.8) is 0 Å². The molecule has 2 atom stereocenters. The highest BCUT2D eigenvalue weighted by atomic mass is 79.9. The van der Waals surface area contributed by atoms with Crippen LogP contribution in [0.2, 0.25) is 0 Å². The fourth-order valence-electron chi connectivity index (χ4n) is 2.61. The first-order valence-corrected chi connectivity index (χ1v) is 7.69. The van der Waals surface area contributed by atoms with Crippen LogP contribution >= 0.6 is 15.9 Å². The molecule has 1 aromatic carbocycles. The third kappa shape index (κ3) is 3.97. The number of carbonyl (C=O) groups excluding carboxylic acids is 1. The Bertz CT molecular complexity index is 534. The first kappa shape index (κ1) is 15.8. The van der Waals surface area contributed by atoms with Crippen molar-refractivity contribution in [2.75, 3.05) is 13.2 Å². The van der Waals surface area contributed by atoms with Gasteiger partial charge in [-0.15, -0.1) is 0 Å². The number of piperidine rings is 1. The average Bonchev–Trinajstić information content (AvgIpc) is 2.45. The number of halogens is 1. The lowest BCUT2D eigenvalue weighted by molar-refractivity contribution is -0.149. The Morgan fingerprint density at radius 2 is 2.24 bits per heavy atom. The third-order valence-electron chi connectivity index (χ3n) is 3.78. The summed E-state index contributed by atoms with van der Waals surface area (Å²) in [6.45, 7) is 2.30. The van der Waals surface area contributed by atoms with Gasteiger partial charge in [-0.3, -0.25) is 9.59 Å². The normalized spacial score (nSPS) is 21.9. The van der Waals surface area contributed by atoms with Gasteiger partial charge in [0.05, 0.1) is 5.92 Å². The van der Waals surface area contributed by atoms with E-state index < -0.39 is 11.9 Å². The SMILES string of the molecule is C[C@@H]1[C@H](C(=O)O)CCCN1C(=O)COc1cccc(Br)c1. The lowest BCUT2D eigenvalue weighted by Crippen LogP contribution is -2.50. The molecule has 1 N–H and O–H groups in total. The Labute approximate surface area is 132 Å². The molecule has 1 aliphatic rings. The van der Waals surface area contributed by atoms with Crippen molar-refractivity contribution in [2.24, 2.45) is 5.92 Å². The Hall–Kier alpha value is -1.56. The minimum absolute atomic E-state index is 0.0763. The number of amides is 1. The molecule has 0 bridgehead atoms. The Morgan fingerprint density at radius 1 is 1.48 bits per heavy atom. The molecular weight excluding hydrogens is 338 g/mol. The zero-order valence-electron chi connectivity index (χ0n) is 11.8. The van der Waals surface area contributed by atoms with Crippen LogP contribution in [0.1, 0.15) is 19.8 Å². The standard InChI is InChI=1S/C15H18BrNO4/c1-10-13(15(19)20)6-3-7-17(10)14(18)9-21-12-5-2-4-11(16)8-12/h2,4-5,8,10,13H,3,6-7,9H2,1H3,(H,19,20)/t10-,13-/m1/s1. The lowest BCUT2D eigenvalue weighted by atomic mass is 9.90. The van der Waals surface area contributed by atoms with Crippen molar-refractivity contribution in [2.45, 2.75) is 25.8 Å². The summed E-state index contributed by atoms with van der Waals surface area (Å²) in [6, 6.07) is 6.96. The van der Waals surface area contributed by atoms with E-state index in [1.54, 1.807) is 24.0 Å². The van der Waals surface area contributed by atoms with Crippen molar-refractivity contribution in [1.29, 1.82) is 0 Å². The zero-order chi connectivity index (χ0) is 15.4. The molecule has 1 amide bonds. The van der Waals surface area contributed by atoms with E-state index in [9.17, 15) is 14.7 Å². The predicted molar refractivity (Wildman–Crippen MR) is 81.2 cm³/mol. The first-order chi connectivity index (χ1) is 9.99. The highest BCUT2D eigenvalue weighted by molar-refractivity contribution is 9.10. The van der Waals surface area contributed by atoms with Crippen LogP contribution in [-0.4, -0.2) is 41.1 Å². The van der Waals surface area contributed by atoms with Gasteiger partial charge in [-0.25, -0.2) is 0 Å². The Balaban J connectivity index is 1.95. The number of hydrogen-bond acceptors (Lipinski definition) is 3. The van der Waals surface area contributed by atoms with Gasteiger partial charge in [0.2, 0.25) is 0 Å². The molecule has 21 heavy (non-hydrogen) atoms. The summed E-state index contributed by atoms with van der Waals surface area (Å²) in [5.41, 5.74) is 0. The maximum absolute atomic E-state index is 12.2. The molecule has 2 rings (SSSR count). The smallest absolute Gasteiger partial charge is 0.308 e. The van der Waals surface area contributed by atoms with Crippen molar-refractivity contribution < 1.29 is 19.4 Å². The van der Waals surface area contributed by atoms with Crippen LogP contribution in [0.3, 0.4) is 0 Å². The predicted octanol–water partition coefficient (Wildman–Crippen LogP) is 2.54. The second kappa shape index (κ2) is 6.93.